The lowest BCUT2D eigenvalue weighted by Crippen LogP contribution is -2.34. The van der Waals surface area contributed by atoms with Gasteiger partial charge in [-0.1, -0.05) is 11.6 Å². The zero-order valence-corrected chi connectivity index (χ0v) is 10.8. The monoisotopic (exact) mass is 239 g/mol. The smallest absolute Gasteiger partial charge is 0.124 e. The van der Waals surface area contributed by atoms with Gasteiger partial charge in [-0.05, 0) is 50.9 Å². The Bertz CT molecular complexity index is 397. The van der Waals surface area contributed by atoms with Gasteiger partial charge in [-0.3, -0.25) is 0 Å². The highest BCUT2D eigenvalue weighted by molar-refractivity contribution is 6.31. The Kier molecular flexibility index (Phi) is 3.13. The number of hydrogen-bond acceptors (Lipinski definition) is 2. The Morgan fingerprint density at radius 2 is 2.19 bits per heavy atom. The largest absolute Gasteiger partial charge is 0.496 e. The Morgan fingerprint density at radius 1 is 1.44 bits per heavy atom. The van der Waals surface area contributed by atoms with Crippen molar-refractivity contribution in [3.8, 4) is 5.75 Å². The van der Waals surface area contributed by atoms with Crippen LogP contribution in [0.3, 0.4) is 0 Å². The molecule has 88 valence electrons. The molecule has 1 N–H and O–H groups in total. The second-order valence-electron chi connectivity index (χ2n) is 4.61. The van der Waals surface area contributed by atoms with Gasteiger partial charge in [-0.2, -0.15) is 0 Å². The molecule has 1 unspecified atom stereocenters. The first-order valence-corrected chi connectivity index (χ1v) is 6.05. The predicted molar refractivity (Wildman–Crippen MR) is 67.3 cm³/mol. The van der Waals surface area contributed by atoms with Crippen molar-refractivity contribution in [2.24, 2.45) is 0 Å². The summed E-state index contributed by atoms with van der Waals surface area (Å²) in [6, 6.07) is 3.85. The van der Waals surface area contributed by atoms with Crippen molar-refractivity contribution in [3.63, 3.8) is 0 Å². The first kappa shape index (κ1) is 11.7. The third kappa shape index (κ3) is 1.80. The lowest BCUT2D eigenvalue weighted by atomic mass is 9.86. The third-order valence-electron chi connectivity index (χ3n) is 3.50. The predicted octanol–water partition coefficient (Wildman–Crippen LogP) is 3.26. The van der Waals surface area contributed by atoms with Crippen molar-refractivity contribution in [1.29, 1.82) is 0 Å². The minimum Gasteiger partial charge on any atom is -0.496 e. The number of benzene rings is 1. The van der Waals surface area contributed by atoms with Crippen LogP contribution in [0.1, 0.15) is 30.9 Å². The van der Waals surface area contributed by atoms with Crippen molar-refractivity contribution in [2.75, 3.05) is 13.7 Å². The van der Waals surface area contributed by atoms with E-state index in [0.717, 1.165) is 29.3 Å². The molecule has 0 saturated carbocycles. The highest BCUT2D eigenvalue weighted by Crippen LogP contribution is 2.40. The molecule has 0 amide bonds. The highest BCUT2D eigenvalue weighted by atomic mass is 35.5. The van der Waals surface area contributed by atoms with E-state index in [1.807, 2.05) is 12.1 Å². The standard InChI is InChI=1S/C13H18ClNO/c1-9-10(14)5-6-11(16-3)12(9)13(2)7-4-8-15-13/h5-6,15H,4,7-8H2,1-3H3. The summed E-state index contributed by atoms with van der Waals surface area (Å²) in [5.74, 6) is 0.929. The van der Waals surface area contributed by atoms with Gasteiger partial charge in [0.2, 0.25) is 0 Å². The van der Waals surface area contributed by atoms with Gasteiger partial charge in [-0.25, -0.2) is 0 Å². The van der Waals surface area contributed by atoms with Gasteiger partial charge < -0.3 is 10.1 Å². The van der Waals surface area contributed by atoms with E-state index in [1.165, 1.54) is 12.0 Å². The fourth-order valence-corrected chi connectivity index (χ4v) is 2.78. The number of methoxy groups -OCH3 is 1. The van der Waals surface area contributed by atoms with E-state index in [1.54, 1.807) is 7.11 Å². The number of nitrogens with one attached hydrogen (secondary N) is 1. The fraction of sp³-hybridized carbons (Fsp3) is 0.538. The number of hydrogen-bond donors (Lipinski definition) is 1. The van der Waals surface area contributed by atoms with Crippen molar-refractivity contribution in [2.45, 2.75) is 32.2 Å². The molecule has 1 aliphatic heterocycles. The number of ether oxygens (including phenoxy) is 1. The van der Waals surface area contributed by atoms with Crippen molar-refractivity contribution in [1.82, 2.24) is 5.32 Å². The second kappa shape index (κ2) is 4.27. The van der Waals surface area contributed by atoms with Gasteiger partial charge in [0.05, 0.1) is 7.11 Å². The molecule has 2 rings (SSSR count). The molecule has 1 aromatic rings. The summed E-state index contributed by atoms with van der Waals surface area (Å²) in [4.78, 5) is 0. The molecule has 0 aromatic heterocycles. The summed E-state index contributed by atoms with van der Waals surface area (Å²) in [5.41, 5.74) is 2.33. The summed E-state index contributed by atoms with van der Waals surface area (Å²) < 4.78 is 5.46. The van der Waals surface area contributed by atoms with Gasteiger partial charge in [0.25, 0.3) is 0 Å². The molecule has 1 atom stereocenters. The molecule has 1 fully saturated rings. The normalized spacial score (nSPS) is 24.8. The van der Waals surface area contributed by atoms with Crippen molar-refractivity contribution < 1.29 is 4.74 Å². The molecular weight excluding hydrogens is 222 g/mol. The quantitative estimate of drug-likeness (QED) is 0.856. The first-order valence-electron chi connectivity index (χ1n) is 5.67. The number of rotatable bonds is 2. The Labute approximate surface area is 102 Å². The van der Waals surface area contributed by atoms with Crippen LogP contribution >= 0.6 is 11.6 Å². The van der Waals surface area contributed by atoms with Crippen LogP contribution in [-0.4, -0.2) is 13.7 Å². The van der Waals surface area contributed by atoms with Crippen LogP contribution in [0.5, 0.6) is 5.75 Å². The zero-order chi connectivity index (χ0) is 11.8. The summed E-state index contributed by atoms with van der Waals surface area (Å²) in [7, 11) is 1.71. The Hall–Kier alpha value is -0.730. The highest BCUT2D eigenvalue weighted by Gasteiger charge is 2.34. The van der Waals surface area contributed by atoms with Crippen LogP contribution in [0, 0.1) is 6.92 Å². The van der Waals surface area contributed by atoms with E-state index in [4.69, 9.17) is 16.3 Å². The van der Waals surface area contributed by atoms with E-state index >= 15 is 0 Å². The summed E-state index contributed by atoms with van der Waals surface area (Å²) in [6.07, 6.45) is 2.33. The van der Waals surface area contributed by atoms with Gasteiger partial charge in [-0.15, -0.1) is 0 Å². The Morgan fingerprint density at radius 3 is 2.75 bits per heavy atom. The topological polar surface area (TPSA) is 21.3 Å². The van der Waals surface area contributed by atoms with E-state index in [2.05, 4.69) is 19.2 Å². The maximum absolute atomic E-state index is 6.20. The van der Waals surface area contributed by atoms with E-state index in [-0.39, 0.29) is 5.54 Å². The van der Waals surface area contributed by atoms with Crippen LogP contribution in [-0.2, 0) is 5.54 Å². The van der Waals surface area contributed by atoms with Gasteiger partial charge >= 0.3 is 0 Å². The number of halogens is 1. The molecule has 0 radical (unpaired) electrons. The minimum absolute atomic E-state index is 0.000324. The lowest BCUT2D eigenvalue weighted by molar-refractivity contribution is 0.369. The van der Waals surface area contributed by atoms with E-state index < -0.39 is 0 Å². The van der Waals surface area contributed by atoms with Crippen LogP contribution in [0.2, 0.25) is 5.02 Å². The van der Waals surface area contributed by atoms with Crippen molar-refractivity contribution in [3.05, 3.63) is 28.3 Å². The molecule has 1 aliphatic rings. The van der Waals surface area contributed by atoms with Gasteiger partial charge in [0.15, 0.2) is 0 Å². The van der Waals surface area contributed by atoms with E-state index in [9.17, 15) is 0 Å². The average Bonchev–Trinajstić information content (AvgIpc) is 2.69. The maximum atomic E-state index is 6.20. The van der Waals surface area contributed by atoms with Crippen LogP contribution in [0.4, 0.5) is 0 Å². The molecular formula is C13H18ClNO. The summed E-state index contributed by atoms with van der Waals surface area (Å²) in [5, 5.41) is 4.36. The third-order valence-corrected chi connectivity index (χ3v) is 3.91. The summed E-state index contributed by atoms with van der Waals surface area (Å²) in [6.45, 7) is 5.35. The van der Waals surface area contributed by atoms with Crippen molar-refractivity contribution >= 4 is 11.6 Å². The minimum atomic E-state index is 0.000324. The van der Waals surface area contributed by atoms with Gasteiger partial charge in [0, 0.05) is 16.1 Å². The SMILES string of the molecule is COc1ccc(Cl)c(C)c1C1(C)CCCN1. The lowest BCUT2D eigenvalue weighted by Gasteiger charge is -2.29. The second-order valence-corrected chi connectivity index (χ2v) is 5.02. The van der Waals surface area contributed by atoms with Crippen LogP contribution in [0.25, 0.3) is 0 Å². The van der Waals surface area contributed by atoms with Crippen LogP contribution < -0.4 is 10.1 Å². The average molecular weight is 240 g/mol. The molecule has 1 saturated heterocycles. The van der Waals surface area contributed by atoms with Crippen LogP contribution in [0.15, 0.2) is 12.1 Å². The molecule has 0 aliphatic carbocycles. The molecule has 0 spiro atoms. The van der Waals surface area contributed by atoms with Gasteiger partial charge in [0.1, 0.15) is 5.75 Å². The Balaban J connectivity index is 2.56. The molecule has 1 aromatic carbocycles. The maximum Gasteiger partial charge on any atom is 0.124 e. The zero-order valence-electron chi connectivity index (χ0n) is 10.1. The molecule has 1 heterocycles. The molecule has 0 bridgehead atoms. The first-order chi connectivity index (χ1) is 7.58. The summed E-state index contributed by atoms with van der Waals surface area (Å²) >= 11 is 6.20. The molecule has 16 heavy (non-hydrogen) atoms. The van der Waals surface area contributed by atoms with E-state index in [0.29, 0.717) is 0 Å². The molecule has 3 heteroatoms. The fourth-order valence-electron chi connectivity index (χ4n) is 2.63. The molecule has 2 nitrogen and oxygen atoms in total.